The summed E-state index contributed by atoms with van der Waals surface area (Å²) < 4.78 is 18.9. The summed E-state index contributed by atoms with van der Waals surface area (Å²) >= 11 is 1.29. The van der Waals surface area contributed by atoms with Crippen LogP contribution in [0.3, 0.4) is 0 Å². The van der Waals surface area contributed by atoms with Gasteiger partial charge in [-0.3, -0.25) is 14.5 Å². The molecule has 1 aliphatic heterocycles. The Balaban J connectivity index is 1.62. The van der Waals surface area contributed by atoms with E-state index < -0.39 is 0 Å². The van der Waals surface area contributed by atoms with Gasteiger partial charge in [-0.1, -0.05) is 43.7 Å². The Morgan fingerprint density at radius 3 is 2.49 bits per heavy atom. The number of nitrogens with zero attached hydrogens (tertiary/aromatic N) is 2. The number of amides is 2. The number of nitrogens with one attached hydrogen (secondary N) is 1. The number of hydrogen-bond donors (Lipinski definition) is 1. The molecule has 2 amide bonds. The van der Waals surface area contributed by atoms with Crippen molar-refractivity contribution in [1.82, 2.24) is 5.32 Å². The Hall–Kier alpha value is -3.13. The molecule has 0 aromatic heterocycles. The highest BCUT2D eigenvalue weighted by molar-refractivity contribution is 8.15. The van der Waals surface area contributed by atoms with Crippen LogP contribution in [0.25, 0.3) is 6.08 Å². The molecule has 1 N–H and O–H groups in total. The molecule has 0 unspecified atom stereocenters. The Labute approximate surface area is 209 Å². The van der Waals surface area contributed by atoms with Crippen LogP contribution in [0.2, 0.25) is 0 Å². The number of hydrogen-bond acceptors (Lipinski definition) is 5. The molecule has 2 aromatic rings. The fraction of sp³-hybridized carbons (Fsp3) is 0.370. The quantitative estimate of drug-likeness (QED) is 0.488. The van der Waals surface area contributed by atoms with Crippen LogP contribution >= 0.6 is 11.8 Å². The van der Waals surface area contributed by atoms with Gasteiger partial charge < -0.3 is 10.1 Å². The maximum atomic E-state index is 13.4. The van der Waals surface area contributed by atoms with Crippen LogP contribution in [0.1, 0.15) is 51.5 Å². The van der Waals surface area contributed by atoms with Crippen LogP contribution in [-0.4, -0.2) is 34.9 Å². The van der Waals surface area contributed by atoms with Crippen molar-refractivity contribution in [2.45, 2.75) is 57.2 Å². The molecular formula is C27H30FN3O3S. The standard InChI is InChI=1S/C27H30FN3O3S/c1-3-24(25(32)29-20-7-5-6-8-20)35-27-30-23(17-18-9-11-19(28)12-10-18)26(33)31(27)21-13-15-22(16-14-21)34-4-2/h9-17,20,24H,3-8H2,1-2H3,(H,29,32)/b23-17+/t24-/m1/s1. The number of anilines is 1. The molecule has 1 aliphatic carbocycles. The minimum atomic E-state index is -0.377. The van der Waals surface area contributed by atoms with Crippen molar-refractivity contribution in [3.63, 3.8) is 0 Å². The molecule has 0 spiro atoms. The number of carbonyl (C=O) groups is 2. The summed E-state index contributed by atoms with van der Waals surface area (Å²) in [5.41, 5.74) is 1.54. The molecule has 184 valence electrons. The van der Waals surface area contributed by atoms with Crippen molar-refractivity contribution < 1.29 is 18.7 Å². The SMILES string of the molecule is CCOc1ccc(N2C(=O)/C(=C\c3ccc(F)cc3)N=C2S[C@H](CC)C(=O)NC2CCCC2)cc1. The predicted octanol–water partition coefficient (Wildman–Crippen LogP) is 5.54. The summed E-state index contributed by atoms with van der Waals surface area (Å²) in [6.07, 6.45) is 6.53. The van der Waals surface area contributed by atoms with Crippen LogP contribution in [0.5, 0.6) is 5.75 Å². The first-order chi connectivity index (χ1) is 17.0. The van der Waals surface area contributed by atoms with E-state index in [1.54, 1.807) is 42.5 Å². The Kier molecular flexibility index (Phi) is 8.23. The third kappa shape index (κ3) is 6.11. The minimum absolute atomic E-state index is 0.0258. The van der Waals surface area contributed by atoms with Crippen LogP contribution in [0.4, 0.5) is 10.1 Å². The Morgan fingerprint density at radius 1 is 1.17 bits per heavy atom. The number of carbonyl (C=O) groups excluding carboxylic acids is 2. The van der Waals surface area contributed by atoms with Crippen molar-refractivity contribution in [2.75, 3.05) is 11.5 Å². The van der Waals surface area contributed by atoms with Crippen molar-refractivity contribution in [3.05, 3.63) is 65.6 Å². The van der Waals surface area contributed by atoms with Gasteiger partial charge in [0.1, 0.15) is 17.3 Å². The topological polar surface area (TPSA) is 71.0 Å². The normalized spacial score (nSPS) is 18.1. The zero-order valence-corrected chi connectivity index (χ0v) is 20.8. The van der Waals surface area contributed by atoms with Crippen LogP contribution in [0.15, 0.2) is 59.2 Å². The molecular weight excluding hydrogens is 465 g/mol. The molecule has 1 atom stereocenters. The third-order valence-electron chi connectivity index (χ3n) is 6.02. The molecule has 2 aliphatic rings. The fourth-order valence-corrected chi connectivity index (χ4v) is 5.23. The van der Waals surface area contributed by atoms with E-state index in [1.807, 2.05) is 13.8 Å². The first kappa shape index (κ1) is 25.0. The Morgan fingerprint density at radius 2 is 1.86 bits per heavy atom. The molecule has 1 fully saturated rings. The van der Waals surface area contributed by atoms with Crippen molar-refractivity contribution >= 4 is 40.5 Å². The van der Waals surface area contributed by atoms with E-state index in [1.165, 1.54) is 28.8 Å². The van der Waals surface area contributed by atoms with Crippen molar-refractivity contribution in [3.8, 4) is 5.75 Å². The van der Waals surface area contributed by atoms with Crippen LogP contribution < -0.4 is 15.0 Å². The lowest BCUT2D eigenvalue weighted by atomic mass is 10.2. The number of halogens is 1. The predicted molar refractivity (Wildman–Crippen MR) is 139 cm³/mol. The smallest absolute Gasteiger partial charge is 0.283 e. The van der Waals surface area contributed by atoms with E-state index in [4.69, 9.17) is 4.74 Å². The first-order valence-corrected chi connectivity index (χ1v) is 13.0. The van der Waals surface area contributed by atoms with E-state index in [2.05, 4.69) is 10.3 Å². The molecule has 0 bridgehead atoms. The molecule has 1 heterocycles. The maximum Gasteiger partial charge on any atom is 0.283 e. The minimum Gasteiger partial charge on any atom is -0.494 e. The average molecular weight is 496 g/mol. The lowest BCUT2D eigenvalue weighted by molar-refractivity contribution is -0.121. The number of ether oxygens (including phenoxy) is 1. The molecule has 8 heteroatoms. The summed E-state index contributed by atoms with van der Waals surface area (Å²) in [6.45, 7) is 4.41. The second kappa shape index (κ2) is 11.5. The van der Waals surface area contributed by atoms with Crippen LogP contribution in [-0.2, 0) is 9.59 Å². The maximum absolute atomic E-state index is 13.4. The van der Waals surface area contributed by atoms with E-state index in [-0.39, 0.29) is 34.6 Å². The van der Waals surface area contributed by atoms with Gasteiger partial charge in [-0.25, -0.2) is 9.38 Å². The van der Waals surface area contributed by atoms with E-state index >= 15 is 0 Å². The number of rotatable bonds is 8. The van der Waals surface area contributed by atoms with E-state index in [9.17, 15) is 14.0 Å². The number of aliphatic imine (C=N–C) groups is 1. The summed E-state index contributed by atoms with van der Waals surface area (Å²) in [5.74, 6) is 0.0346. The highest BCUT2D eigenvalue weighted by Crippen LogP contribution is 2.33. The number of amidine groups is 1. The van der Waals surface area contributed by atoms with Gasteiger partial charge in [0.15, 0.2) is 5.17 Å². The average Bonchev–Trinajstić information content (AvgIpc) is 3.47. The highest BCUT2D eigenvalue weighted by atomic mass is 32.2. The van der Waals surface area contributed by atoms with Gasteiger partial charge in [-0.15, -0.1) is 0 Å². The second-order valence-corrected chi connectivity index (χ2v) is 9.72. The molecule has 4 rings (SSSR count). The lowest BCUT2D eigenvalue weighted by Gasteiger charge is -2.22. The summed E-state index contributed by atoms with van der Waals surface area (Å²) in [5, 5.41) is 3.23. The van der Waals surface area contributed by atoms with E-state index in [0.29, 0.717) is 35.2 Å². The largest absolute Gasteiger partial charge is 0.494 e. The number of thioether (sulfide) groups is 1. The molecule has 1 saturated carbocycles. The van der Waals surface area contributed by atoms with Gasteiger partial charge in [0, 0.05) is 6.04 Å². The van der Waals surface area contributed by atoms with Crippen molar-refractivity contribution in [1.29, 1.82) is 0 Å². The zero-order valence-electron chi connectivity index (χ0n) is 20.0. The molecule has 6 nitrogen and oxygen atoms in total. The fourth-order valence-electron chi connectivity index (χ4n) is 4.19. The summed E-state index contributed by atoms with van der Waals surface area (Å²) in [4.78, 5) is 32.6. The van der Waals surface area contributed by atoms with Gasteiger partial charge in [-0.05, 0) is 74.2 Å². The van der Waals surface area contributed by atoms with Gasteiger partial charge in [-0.2, -0.15) is 0 Å². The number of benzene rings is 2. The molecule has 35 heavy (non-hydrogen) atoms. The Bertz CT molecular complexity index is 1110. The molecule has 0 saturated heterocycles. The lowest BCUT2D eigenvalue weighted by Crippen LogP contribution is -2.40. The molecule has 0 radical (unpaired) electrons. The highest BCUT2D eigenvalue weighted by Gasteiger charge is 2.35. The summed E-state index contributed by atoms with van der Waals surface area (Å²) in [7, 11) is 0. The van der Waals surface area contributed by atoms with E-state index in [0.717, 1.165) is 25.7 Å². The monoisotopic (exact) mass is 495 g/mol. The first-order valence-electron chi connectivity index (χ1n) is 12.1. The van der Waals surface area contributed by atoms with Gasteiger partial charge in [0.25, 0.3) is 5.91 Å². The molecule has 2 aromatic carbocycles. The van der Waals surface area contributed by atoms with Crippen molar-refractivity contribution in [2.24, 2.45) is 4.99 Å². The third-order valence-corrected chi connectivity index (χ3v) is 7.34. The van der Waals surface area contributed by atoms with Gasteiger partial charge in [0.2, 0.25) is 5.91 Å². The van der Waals surface area contributed by atoms with Gasteiger partial charge in [0.05, 0.1) is 17.5 Å². The second-order valence-electron chi connectivity index (χ2n) is 8.55. The zero-order chi connectivity index (χ0) is 24.8. The van der Waals surface area contributed by atoms with Crippen LogP contribution in [0, 0.1) is 5.82 Å². The van der Waals surface area contributed by atoms with Gasteiger partial charge >= 0.3 is 0 Å². The summed E-state index contributed by atoms with van der Waals surface area (Å²) in [6, 6.07) is 13.3.